The van der Waals surface area contributed by atoms with Gasteiger partial charge >= 0.3 is 12.0 Å². The third kappa shape index (κ3) is 4.40. The van der Waals surface area contributed by atoms with E-state index in [0.717, 1.165) is 14.9 Å². The highest BCUT2D eigenvalue weighted by molar-refractivity contribution is 9.10. The number of urea groups is 1. The molecule has 2 aromatic carbocycles. The van der Waals surface area contributed by atoms with Gasteiger partial charge in [-0.25, -0.2) is 9.59 Å². The maximum Gasteiger partial charge on any atom is 0.337 e. The van der Waals surface area contributed by atoms with E-state index in [2.05, 4.69) is 21.2 Å². The van der Waals surface area contributed by atoms with E-state index in [0.29, 0.717) is 17.1 Å². The Balaban J connectivity index is 1.53. The van der Waals surface area contributed by atoms with Crippen LogP contribution in [0.2, 0.25) is 5.02 Å². The number of nitrogens with one attached hydrogen (secondary N) is 1. The Bertz CT molecular complexity index is 1230. The van der Waals surface area contributed by atoms with Crippen LogP contribution in [-0.2, 0) is 11.3 Å². The van der Waals surface area contributed by atoms with Gasteiger partial charge < -0.3 is 14.8 Å². The molecule has 1 aromatic heterocycles. The van der Waals surface area contributed by atoms with Crippen LogP contribution >= 0.6 is 27.5 Å². The first kappa shape index (κ1) is 20.9. The molecule has 31 heavy (non-hydrogen) atoms. The van der Waals surface area contributed by atoms with E-state index in [9.17, 15) is 14.4 Å². The number of halogens is 2. The normalized spacial score (nSPS) is 14.9. The highest BCUT2D eigenvalue weighted by Gasteiger charge is 2.33. The second kappa shape index (κ2) is 8.41. The van der Waals surface area contributed by atoms with Gasteiger partial charge in [0.1, 0.15) is 17.2 Å². The quantitative estimate of drug-likeness (QED) is 0.372. The molecule has 9 heteroatoms. The molecule has 0 saturated carbocycles. The van der Waals surface area contributed by atoms with E-state index in [4.69, 9.17) is 21.1 Å². The minimum Gasteiger partial charge on any atom is -0.478 e. The predicted octanol–water partition coefficient (Wildman–Crippen LogP) is 5.15. The van der Waals surface area contributed by atoms with Crippen LogP contribution in [0.4, 0.5) is 4.79 Å². The molecule has 0 radical (unpaired) electrons. The average molecular weight is 502 g/mol. The van der Waals surface area contributed by atoms with Gasteiger partial charge in [-0.3, -0.25) is 9.69 Å². The highest BCUT2D eigenvalue weighted by Crippen LogP contribution is 2.28. The first-order chi connectivity index (χ1) is 14.8. The zero-order valence-electron chi connectivity index (χ0n) is 15.8. The molecule has 0 spiro atoms. The fraction of sp³-hybridized carbons (Fsp3) is 0.0455. The molecule has 2 heterocycles. The summed E-state index contributed by atoms with van der Waals surface area (Å²) in [6.45, 7) is 0.146. The molecule has 0 unspecified atom stereocenters. The van der Waals surface area contributed by atoms with Crippen LogP contribution in [0.1, 0.15) is 21.7 Å². The van der Waals surface area contributed by atoms with Crippen molar-refractivity contribution >= 4 is 51.5 Å². The number of hydrogen-bond donors (Lipinski definition) is 2. The van der Waals surface area contributed by atoms with Gasteiger partial charge in [0.05, 0.1) is 17.1 Å². The summed E-state index contributed by atoms with van der Waals surface area (Å²) >= 11 is 9.36. The monoisotopic (exact) mass is 500 g/mol. The molecule has 156 valence electrons. The third-order valence-electron chi connectivity index (χ3n) is 4.61. The smallest absolute Gasteiger partial charge is 0.337 e. The molecule has 0 aliphatic carbocycles. The van der Waals surface area contributed by atoms with Crippen LogP contribution in [0.5, 0.6) is 0 Å². The van der Waals surface area contributed by atoms with Crippen molar-refractivity contribution in [2.75, 3.05) is 0 Å². The van der Waals surface area contributed by atoms with Gasteiger partial charge in [0.2, 0.25) is 0 Å². The van der Waals surface area contributed by atoms with Crippen molar-refractivity contribution in [3.8, 4) is 11.3 Å². The Morgan fingerprint density at radius 1 is 1.13 bits per heavy atom. The van der Waals surface area contributed by atoms with Crippen molar-refractivity contribution in [2.24, 2.45) is 0 Å². The highest BCUT2D eigenvalue weighted by atomic mass is 79.9. The number of nitrogens with zero attached hydrogens (tertiary/aromatic N) is 1. The lowest BCUT2D eigenvalue weighted by molar-refractivity contribution is -0.123. The molecule has 7 nitrogen and oxygen atoms in total. The Kier molecular flexibility index (Phi) is 5.67. The summed E-state index contributed by atoms with van der Waals surface area (Å²) in [7, 11) is 0. The number of imide groups is 1. The van der Waals surface area contributed by atoms with Gasteiger partial charge in [0.15, 0.2) is 0 Å². The lowest BCUT2D eigenvalue weighted by Crippen LogP contribution is -2.30. The second-order valence-electron chi connectivity index (χ2n) is 6.71. The Labute approximate surface area is 190 Å². The van der Waals surface area contributed by atoms with Crippen LogP contribution in [0.3, 0.4) is 0 Å². The number of amides is 3. The molecule has 4 rings (SSSR count). The van der Waals surface area contributed by atoms with Crippen LogP contribution in [0, 0.1) is 0 Å². The maximum atomic E-state index is 12.7. The van der Waals surface area contributed by atoms with Gasteiger partial charge in [0, 0.05) is 16.1 Å². The van der Waals surface area contributed by atoms with Gasteiger partial charge in [-0.05, 0) is 42.0 Å². The topological polar surface area (TPSA) is 99.9 Å². The van der Waals surface area contributed by atoms with Crippen LogP contribution in [-0.4, -0.2) is 27.9 Å². The molecule has 1 saturated heterocycles. The average Bonchev–Trinajstić information content (AvgIpc) is 3.29. The maximum absolute atomic E-state index is 12.7. The number of aromatic carboxylic acids is 1. The van der Waals surface area contributed by atoms with Gasteiger partial charge in [-0.1, -0.05) is 45.7 Å². The fourth-order valence-electron chi connectivity index (χ4n) is 3.06. The van der Waals surface area contributed by atoms with Crippen molar-refractivity contribution in [2.45, 2.75) is 6.54 Å². The number of carbonyl (C=O) groups is 3. The van der Waals surface area contributed by atoms with Crippen LogP contribution < -0.4 is 5.32 Å². The molecule has 0 atom stereocenters. The third-order valence-corrected chi connectivity index (χ3v) is 5.46. The SMILES string of the molecule is O=C(O)c1ccc(-c2ccc(/C=C3/NC(=O)N(Cc4ccc(Br)cc4)C3=O)o2)cc1Cl. The van der Waals surface area contributed by atoms with Crippen molar-refractivity contribution in [3.05, 3.63) is 86.7 Å². The fourth-order valence-corrected chi connectivity index (χ4v) is 3.58. The van der Waals surface area contributed by atoms with Crippen LogP contribution in [0.15, 0.2) is 69.2 Å². The van der Waals surface area contributed by atoms with Gasteiger partial charge in [-0.2, -0.15) is 0 Å². The van der Waals surface area contributed by atoms with E-state index in [-0.39, 0.29) is 22.8 Å². The minimum atomic E-state index is -1.12. The first-order valence-corrected chi connectivity index (χ1v) is 10.2. The van der Waals surface area contributed by atoms with E-state index in [1.807, 2.05) is 24.3 Å². The number of carboxylic acids is 1. The summed E-state index contributed by atoms with van der Waals surface area (Å²) in [5, 5.41) is 11.7. The standard InChI is InChI=1S/C22H14BrClN2O5/c23-14-4-1-12(2-5-14)11-26-20(27)18(25-22(26)30)10-15-6-8-19(31-15)13-3-7-16(21(28)29)17(24)9-13/h1-10H,11H2,(H,25,30)(H,28,29)/b18-10+. The largest absolute Gasteiger partial charge is 0.478 e. The number of rotatable bonds is 5. The molecular weight excluding hydrogens is 488 g/mol. The zero-order valence-corrected chi connectivity index (χ0v) is 18.1. The molecule has 1 aliphatic rings. The van der Waals surface area contributed by atoms with Gasteiger partial charge in [0.25, 0.3) is 5.91 Å². The summed E-state index contributed by atoms with van der Waals surface area (Å²) in [4.78, 5) is 37.1. The Hall–Kier alpha value is -3.36. The Morgan fingerprint density at radius 3 is 2.55 bits per heavy atom. The van der Waals surface area contributed by atoms with Crippen molar-refractivity contribution in [1.29, 1.82) is 0 Å². The second-order valence-corrected chi connectivity index (χ2v) is 8.03. The van der Waals surface area contributed by atoms with Crippen molar-refractivity contribution in [1.82, 2.24) is 10.2 Å². The molecular formula is C22H14BrClN2O5. The summed E-state index contributed by atoms with van der Waals surface area (Å²) in [5.74, 6) is -0.791. The summed E-state index contributed by atoms with van der Waals surface area (Å²) in [5.41, 5.74) is 1.49. The molecule has 1 aliphatic heterocycles. The van der Waals surface area contributed by atoms with Crippen molar-refractivity contribution < 1.29 is 23.9 Å². The zero-order chi connectivity index (χ0) is 22.1. The number of benzene rings is 2. The van der Waals surface area contributed by atoms with Crippen molar-refractivity contribution in [3.63, 3.8) is 0 Å². The van der Waals surface area contributed by atoms with Gasteiger partial charge in [-0.15, -0.1) is 0 Å². The Morgan fingerprint density at radius 2 is 1.87 bits per heavy atom. The predicted molar refractivity (Wildman–Crippen MR) is 117 cm³/mol. The lowest BCUT2D eigenvalue weighted by atomic mass is 10.1. The number of carboxylic acid groups (broad SMARTS) is 1. The minimum absolute atomic E-state index is 0.00977. The molecule has 3 aromatic rings. The molecule has 0 bridgehead atoms. The number of hydrogen-bond acceptors (Lipinski definition) is 4. The lowest BCUT2D eigenvalue weighted by Gasteiger charge is -2.11. The molecule has 1 fully saturated rings. The van der Waals surface area contributed by atoms with E-state index in [1.54, 1.807) is 18.2 Å². The molecule has 3 amide bonds. The number of carbonyl (C=O) groups excluding carboxylic acids is 2. The summed E-state index contributed by atoms with van der Waals surface area (Å²) in [6, 6.07) is 14.6. The van der Waals surface area contributed by atoms with E-state index in [1.165, 1.54) is 18.2 Å². The van der Waals surface area contributed by atoms with E-state index < -0.39 is 17.9 Å². The number of furan rings is 1. The summed E-state index contributed by atoms with van der Waals surface area (Å²) in [6.07, 6.45) is 1.44. The molecule has 2 N–H and O–H groups in total. The van der Waals surface area contributed by atoms with E-state index >= 15 is 0 Å². The summed E-state index contributed by atoms with van der Waals surface area (Å²) < 4.78 is 6.63. The van der Waals surface area contributed by atoms with Crippen LogP contribution in [0.25, 0.3) is 17.4 Å². The first-order valence-electron chi connectivity index (χ1n) is 9.04.